The fourth-order valence-corrected chi connectivity index (χ4v) is 2.47. The molecule has 1 fully saturated rings. The maximum atomic E-state index is 11.5. The smallest absolute Gasteiger partial charge is 0.227 e. The van der Waals surface area contributed by atoms with E-state index in [9.17, 15) is 9.59 Å². The zero-order valence-corrected chi connectivity index (χ0v) is 10.9. The van der Waals surface area contributed by atoms with Crippen LogP contribution in [0, 0.1) is 6.92 Å². The lowest BCUT2D eigenvalue weighted by Gasteiger charge is -2.33. The molecule has 1 aromatic rings. The molecule has 2 amide bonds. The predicted octanol–water partition coefficient (Wildman–Crippen LogP) is 1.70. The van der Waals surface area contributed by atoms with E-state index in [1.54, 1.807) is 7.11 Å². The number of rotatable bonds is 2. The van der Waals surface area contributed by atoms with Gasteiger partial charge >= 0.3 is 0 Å². The summed E-state index contributed by atoms with van der Waals surface area (Å²) in [6, 6.07) is 5.80. The van der Waals surface area contributed by atoms with Crippen molar-refractivity contribution in [2.24, 2.45) is 0 Å². The Balaban J connectivity index is 2.37. The minimum absolute atomic E-state index is 0.206. The van der Waals surface area contributed by atoms with Gasteiger partial charge in [0.25, 0.3) is 0 Å². The molecule has 1 aliphatic rings. The number of ether oxygens (including phenoxy) is 1. The summed E-state index contributed by atoms with van der Waals surface area (Å²) in [5.41, 5.74) is 1.59. The first-order valence-electron chi connectivity index (χ1n) is 5.92. The Hall–Kier alpha value is -1.84. The quantitative estimate of drug-likeness (QED) is 0.809. The lowest BCUT2D eigenvalue weighted by atomic mass is 9.74. The molecule has 1 aromatic carbocycles. The summed E-state index contributed by atoms with van der Waals surface area (Å²) in [6.07, 6.45) is 0.676. The molecule has 96 valence electrons. The van der Waals surface area contributed by atoms with E-state index in [0.717, 1.165) is 16.9 Å². The first kappa shape index (κ1) is 12.6. The van der Waals surface area contributed by atoms with Gasteiger partial charge in [0.2, 0.25) is 11.8 Å². The molecule has 0 radical (unpaired) electrons. The fraction of sp³-hybridized carbons (Fsp3) is 0.429. The molecule has 0 aliphatic carbocycles. The molecule has 1 aliphatic heterocycles. The summed E-state index contributed by atoms with van der Waals surface area (Å²) < 4.78 is 5.22. The van der Waals surface area contributed by atoms with Crippen LogP contribution in [0.4, 0.5) is 0 Å². The molecule has 1 saturated heterocycles. The number of imide groups is 1. The summed E-state index contributed by atoms with van der Waals surface area (Å²) >= 11 is 0. The van der Waals surface area contributed by atoms with Gasteiger partial charge in [0.1, 0.15) is 5.75 Å². The maximum Gasteiger partial charge on any atom is 0.227 e. The Morgan fingerprint density at radius 1 is 1.22 bits per heavy atom. The number of carbonyl (C=O) groups excluding carboxylic acids is 2. The molecule has 2 rings (SSSR count). The van der Waals surface area contributed by atoms with Crippen LogP contribution in [0.1, 0.15) is 30.9 Å². The van der Waals surface area contributed by atoms with E-state index in [1.807, 2.05) is 32.0 Å². The van der Waals surface area contributed by atoms with Gasteiger partial charge in [0, 0.05) is 18.3 Å². The van der Waals surface area contributed by atoms with E-state index in [0.29, 0.717) is 12.8 Å². The number of nitrogens with one attached hydrogen (secondary N) is 1. The Bertz CT molecular complexity index is 492. The third-order valence-electron chi connectivity index (χ3n) is 3.47. The zero-order valence-electron chi connectivity index (χ0n) is 10.9. The SMILES string of the molecule is COc1ccc(C2(C)CC(=O)NC(=O)C2)cc1C. The van der Waals surface area contributed by atoms with Crippen LogP contribution in [0.15, 0.2) is 18.2 Å². The van der Waals surface area contributed by atoms with Gasteiger partial charge in [-0.15, -0.1) is 0 Å². The second kappa shape index (κ2) is 4.44. The van der Waals surface area contributed by atoms with Gasteiger partial charge in [0.15, 0.2) is 0 Å². The average Bonchev–Trinajstić information content (AvgIpc) is 2.27. The zero-order chi connectivity index (χ0) is 13.3. The van der Waals surface area contributed by atoms with Gasteiger partial charge in [-0.05, 0) is 24.1 Å². The van der Waals surface area contributed by atoms with Gasteiger partial charge in [-0.1, -0.05) is 19.1 Å². The first-order valence-corrected chi connectivity index (χ1v) is 5.92. The molecule has 0 atom stereocenters. The number of methoxy groups -OCH3 is 1. The van der Waals surface area contributed by atoms with E-state index < -0.39 is 5.41 Å². The van der Waals surface area contributed by atoms with Crippen molar-refractivity contribution in [3.8, 4) is 5.75 Å². The molecule has 0 bridgehead atoms. The summed E-state index contributed by atoms with van der Waals surface area (Å²) in [5, 5.41) is 2.34. The Labute approximate surface area is 106 Å². The molecule has 4 heteroatoms. The Kier molecular flexibility index (Phi) is 3.11. The highest BCUT2D eigenvalue weighted by atomic mass is 16.5. The molecule has 1 N–H and O–H groups in total. The number of piperidine rings is 1. The molecular formula is C14H17NO3. The van der Waals surface area contributed by atoms with E-state index >= 15 is 0 Å². The van der Waals surface area contributed by atoms with Crippen LogP contribution in [0.5, 0.6) is 5.75 Å². The number of hydrogen-bond acceptors (Lipinski definition) is 3. The highest BCUT2D eigenvalue weighted by Gasteiger charge is 2.37. The average molecular weight is 247 g/mol. The number of aryl methyl sites for hydroxylation is 1. The van der Waals surface area contributed by atoms with Gasteiger partial charge in [0.05, 0.1) is 7.11 Å². The third kappa shape index (κ3) is 2.23. The van der Waals surface area contributed by atoms with E-state index in [1.165, 1.54) is 0 Å². The van der Waals surface area contributed by atoms with Crippen molar-refractivity contribution in [3.63, 3.8) is 0 Å². The maximum absolute atomic E-state index is 11.5. The molecule has 0 aromatic heterocycles. The van der Waals surface area contributed by atoms with E-state index in [2.05, 4.69) is 5.32 Å². The molecule has 0 unspecified atom stereocenters. The normalized spacial score (nSPS) is 18.4. The van der Waals surface area contributed by atoms with Crippen LogP contribution < -0.4 is 10.1 Å². The van der Waals surface area contributed by atoms with Crippen LogP contribution in [-0.4, -0.2) is 18.9 Å². The fourth-order valence-electron chi connectivity index (χ4n) is 2.47. The minimum atomic E-state index is -0.420. The predicted molar refractivity (Wildman–Crippen MR) is 67.5 cm³/mol. The van der Waals surface area contributed by atoms with Crippen molar-refractivity contribution >= 4 is 11.8 Å². The topological polar surface area (TPSA) is 55.4 Å². The standard InChI is InChI=1S/C14H17NO3/c1-9-6-10(4-5-11(9)18-3)14(2)7-12(16)15-13(17)8-14/h4-6H,7-8H2,1-3H3,(H,15,16,17). The van der Waals surface area contributed by atoms with Crippen LogP contribution in [0.25, 0.3) is 0 Å². The molecular weight excluding hydrogens is 230 g/mol. The van der Waals surface area contributed by atoms with Crippen LogP contribution in [-0.2, 0) is 15.0 Å². The van der Waals surface area contributed by atoms with E-state index in [4.69, 9.17) is 4.74 Å². The van der Waals surface area contributed by atoms with Gasteiger partial charge in [-0.3, -0.25) is 14.9 Å². The van der Waals surface area contributed by atoms with Crippen molar-refractivity contribution in [1.82, 2.24) is 5.32 Å². The van der Waals surface area contributed by atoms with Crippen LogP contribution >= 0.6 is 0 Å². The summed E-state index contributed by atoms with van der Waals surface area (Å²) in [5.74, 6) is 0.401. The molecule has 0 spiro atoms. The number of hydrogen-bond donors (Lipinski definition) is 1. The molecule has 4 nitrogen and oxygen atoms in total. The van der Waals surface area contributed by atoms with Gasteiger partial charge in [-0.2, -0.15) is 0 Å². The number of carbonyl (C=O) groups is 2. The van der Waals surface area contributed by atoms with Crippen molar-refractivity contribution < 1.29 is 14.3 Å². The Morgan fingerprint density at radius 2 is 1.83 bits per heavy atom. The molecule has 18 heavy (non-hydrogen) atoms. The highest BCUT2D eigenvalue weighted by Crippen LogP contribution is 2.35. The minimum Gasteiger partial charge on any atom is -0.496 e. The summed E-state index contributed by atoms with van der Waals surface area (Å²) in [6.45, 7) is 3.90. The van der Waals surface area contributed by atoms with Crippen molar-refractivity contribution in [3.05, 3.63) is 29.3 Å². The highest BCUT2D eigenvalue weighted by molar-refractivity contribution is 5.99. The molecule has 1 heterocycles. The van der Waals surface area contributed by atoms with Crippen molar-refractivity contribution in [1.29, 1.82) is 0 Å². The largest absolute Gasteiger partial charge is 0.496 e. The van der Waals surface area contributed by atoms with Crippen LogP contribution in [0.3, 0.4) is 0 Å². The summed E-state index contributed by atoms with van der Waals surface area (Å²) in [4.78, 5) is 23.0. The second-order valence-electron chi connectivity index (χ2n) is 5.07. The summed E-state index contributed by atoms with van der Waals surface area (Å²) in [7, 11) is 1.63. The van der Waals surface area contributed by atoms with Crippen molar-refractivity contribution in [2.45, 2.75) is 32.1 Å². The van der Waals surface area contributed by atoms with Gasteiger partial charge in [-0.25, -0.2) is 0 Å². The van der Waals surface area contributed by atoms with Crippen LogP contribution in [0.2, 0.25) is 0 Å². The van der Waals surface area contributed by atoms with E-state index in [-0.39, 0.29) is 11.8 Å². The van der Waals surface area contributed by atoms with Crippen molar-refractivity contribution in [2.75, 3.05) is 7.11 Å². The van der Waals surface area contributed by atoms with Gasteiger partial charge < -0.3 is 4.74 Å². The monoisotopic (exact) mass is 247 g/mol. The first-order chi connectivity index (χ1) is 8.44. The second-order valence-corrected chi connectivity index (χ2v) is 5.07. The Morgan fingerprint density at radius 3 is 2.33 bits per heavy atom. The number of amides is 2. The lowest BCUT2D eigenvalue weighted by Crippen LogP contribution is -2.45. The number of benzene rings is 1. The molecule has 0 saturated carbocycles. The lowest BCUT2D eigenvalue weighted by molar-refractivity contribution is -0.135. The third-order valence-corrected chi connectivity index (χ3v) is 3.47.